The average Bonchev–Trinajstić information content (AvgIpc) is 3.75. The molecule has 3 aliphatic rings. The van der Waals surface area contributed by atoms with E-state index < -0.39 is 0 Å². The van der Waals surface area contributed by atoms with Crippen molar-refractivity contribution < 1.29 is 0 Å². The van der Waals surface area contributed by atoms with Crippen molar-refractivity contribution in [1.29, 1.82) is 0 Å². The van der Waals surface area contributed by atoms with Crippen LogP contribution in [0.3, 0.4) is 0 Å². The van der Waals surface area contributed by atoms with Gasteiger partial charge in [-0.2, -0.15) is 0 Å². The van der Waals surface area contributed by atoms with Gasteiger partial charge in [-0.1, -0.05) is 263 Å². The van der Waals surface area contributed by atoms with Gasteiger partial charge in [-0.25, -0.2) is 0 Å². The molecule has 0 atom stereocenters. The SMILES string of the molecule is CCCCCc1ccc2c(c1)C(C)(C)c1cc(-c3ccc4c(c3)C(C)(C)c3cc(-c5c6ccccc6c(-c6c7ccccc7c(-c7ccc8c(c7)C(C)(C)c7cc(CCCCC)ccc7-8)c7ccccc67)c6ccccc56)ccc3-4)ccc1-2. The van der Waals surface area contributed by atoms with E-state index in [9.17, 15) is 0 Å². The van der Waals surface area contributed by atoms with Crippen molar-refractivity contribution in [2.75, 3.05) is 0 Å². The number of rotatable bonds is 12. The third-order valence-electron chi connectivity index (χ3n) is 20.3. The molecular formula is C83H74. The molecule has 0 heterocycles. The summed E-state index contributed by atoms with van der Waals surface area (Å²) in [5.41, 5.74) is 29.7. The van der Waals surface area contributed by atoms with E-state index in [1.54, 1.807) is 0 Å². The Morgan fingerprint density at radius 2 is 0.482 bits per heavy atom. The van der Waals surface area contributed by atoms with E-state index in [-0.39, 0.29) is 16.2 Å². The van der Waals surface area contributed by atoms with Crippen molar-refractivity contribution >= 4 is 43.1 Å². The zero-order valence-electron chi connectivity index (χ0n) is 49.8. The Morgan fingerprint density at radius 3 is 0.771 bits per heavy atom. The largest absolute Gasteiger partial charge is 0.0654 e. The van der Waals surface area contributed by atoms with E-state index >= 15 is 0 Å². The van der Waals surface area contributed by atoms with Crippen LogP contribution < -0.4 is 0 Å². The summed E-state index contributed by atoms with van der Waals surface area (Å²) in [6.07, 6.45) is 9.87. The summed E-state index contributed by atoms with van der Waals surface area (Å²) in [4.78, 5) is 0. The lowest BCUT2D eigenvalue weighted by Crippen LogP contribution is -2.16. The van der Waals surface area contributed by atoms with Crippen molar-refractivity contribution in [2.45, 2.75) is 123 Å². The second-order valence-electron chi connectivity index (χ2n) is 26.3. The summed E-state index contributed by atoms with van der Waals surface area (Å²) in [6, 6.07) is 80.8. The molecule has 0 unspecified atom stereocenters. The van der Waals surface area contributed by atoms with E-state index in [0.29, 0.717) is 0 Å². The molecule has 12 aromatic carbocycles. The van der Waals surface area contributed by atoms with Crippen molar-refractivity contribution in [2.24, 2.45) is 0 Å². The molecule has 0 saturated carbocycles. The quantitative estimate of drug-likeness (QED) is 0.0845. The molecule has 0 fully saturated rings. The highest BCUT2D eigenvalue weighted by Crippen LogP contribution is 2.56. The van der Waals surface area contributed by atoms with Gasteiger partial charge in [-0.05, 0) is 215 Å². The first-order chi connectivity index (χ1) is 40.4. The van der Waals surface area contributed by atoms with Gasteiger partial charge in [0.2, 0.25) is 0 Å². The van der Waals surface area contributed by atoms with Crippen LogP contribution in [0.4, 0.5) is 0 Å². The molecule has 0 radical (unpaired) electrons. The number of hydrogen-bond acceptors (Lipinski definition) is 0. The number of hydrogen-bond donors (Lipinski definition) is 0. The molecule has 0 spiro atoms. The Hall–Kier alpha value is -8.32. The maximum atomic E-state index is 2.54. The molecule has 83 heavy (non-hydrogen) atoms. The number of benzene rings is 12. The van der Waals surface area contributed by atoms with E-state index in [4.69, 9.17) is 0 Å². The van der Waals surface area contributed by atoms with Crippen LogP contribution in [0.15, 0.2) is 206 Å². The predicted octanol–water partition coefficient (Wildman–Crippen LogP) is 23.4. The minimum absolute atomic E-state index is 0.0593. The summed E-state index contributed by atoms with van der Waals surface area (Å²) < 4.78 is 0. The van der Waals surface area contributed by atoms with Gasteiger partial charge in [-0.15, -0.1) is 0 Å². The highest BCUT2D eigenvalue weighted by Gasteiger charge is 2.39. The first-order valence-corrected chi connectivity index (χ1v) is 31.1. The number of aryl methyl sites for hydroxylation is 2. The monoisotopic (exact) mass is 1070 g/mol. The third kappa shape index (κ3) is 7.84. The molecule has 15 rings (SSSR count). The van der Waals surface area contributed by atoms with Crippen molar-refractivity contribution in [3.05, 3.63) is 251 Å². The second kappa shape index (κ2) is 19.4. The number of unbranched alkanes of at least 4 members (excludes halogenated alkanes) is 4. The van der Waals surface area contributed by atoms with Crippen LogP contribution >= 0.6 is 0 Å². The smallest absolute Gasteiger partial charge is 0.0159 e. The molecule has 0 aliphatic heterocycles. The lowest BCUT2D eigenvalue weighted by atomic mass is 9.78. The van der Waals surface area contributed by atoms with E-state index in [0.717, 1.165) is 12.8 Å². The molecule has 12 aromatic rings. The zero-order valence-corrected chi connectivity index (χ0v) is 49.8. The fourth-order valence-corrected chi connectivity index (χ4v) is 15.9. The summed E-state index contributed by atoms with van der Waals surface area (Å²) in [5.74, 6) is 0. The Bertz CT molecular complexity index is 4550. The Kier molecular flexibility index (Phi) is 12.0. The normalized spacial score (nSPS) is 14.7. The Morgan fingerprint density at radius 1 is 0.241 bits per heavy atom. The first-order valence-electron chi connectivity index (χ1n) is 31.1. The molecular weight excluding hydrogens is 997 g/mol. The van der Waals surface area contributed by atoms with Gasteiger partial charge in [-0.3, -0.25) is 0 Å². The van der Waals surface area contributed by atoms with Crippen LogP contribution in [0, 0.1) is 0 Å². The van der Waals surface area contributed by atoms with Crippen LogP contribution in [-0.4, -0.2) is 0 Å². The van der Waals surface area contributed by atoms with Crippen LogP contribution in [0.5, 0.6) is 0 Å². The number of fused-ring (bicyclic) bond motifs is 13. The van der Waals surface area contributed by atoms with Gasteiger partial charge >= 0.3 is 0 Å². The van der Waals surface area contributed by atoms with Crippen LogP contribution in [-0.2, 0) is 29.1 Å². The fraction of sp³-hybridized carbons (Fsp3) is 0.229. The molecule has 0 saturated heterocycles. The molecule has 0 bridgehead atoms. The maximum absolute atomic E-state index is 2.54. The minimum Gasteiger partial charge on any atom is -0.0654 e. The van der Waals surface area contributed by atoms with E-state index in [1.807, 2.05) is 0 Å². The standard InChI is InChI=1S/C83H74/c1-9-11-13-23-51-33-39-57-59-41-35-53(47-73(59)81(3,4)71(57)45-51)54-36-42-60-62-44-38-56(50-76(62)83(7,8)74(60)48-54)78-65-27-17-21-31-69(65)80(70-32-22-18-28-66(70)78)79-67-29-19-15-25-63(67)77(64-26-16-20-30-68(64)79)55-37-43-61-58-40-34-52(24-14-12-10-2)46-72(58)82(5,6)75(61)49-55/h15-22,25-50H,9-14,23-24H2,1-8H3. The average molecular weight is 1070 g/mol. The first kappa shape index (κ1) is 51.6. The molecule has 0 heteroatoms. The summed E-state index contributed by atoms with van der Waals surface area (Å²) in [7, 11) is 0. The second-order valence-corrected chi connectivity index (χ2v) is 26.3. The van der Waals surface area contributed by atoms with Crippen molar-refractivity contribution in [3.63, 3.8) is 0 Å². The van der Waals surface area contributed by atoms with Crippen molar-refractivity contribution in [3.8, 4) is 77.9 Å². The molecule has 0 N–H and O–H groups in total. The molecule has 3 aliphatic carbocycles. The lowest BCUT2D eigenvalue weighted by Gasteiger charge is -2.25. The summed E-state index contributed by atoms with van der Waals surface area (Å²) in [6.45, 7) is 19.2. The van der Waals surface area contributed by atoms with Gasteiger partial charge in [0.05, 0.1) is 0 Å². The van der Waals surface area contributed by atoms with Crippen molar-refractivity contribution in [1.82, 2.24) is 0 Å². The Balaban J connectivity index is 0.830. The highest BCUT2D eigenvalue weighted by molar-refractivity contribution is 6.30. The van der Waals surface area contributed by atoms with Crippen LogP contribution in [0.25, 0.3) is 121 Å². The molecule has 406 valence electrons. The van der Waals surface area contributed by atoms with Gasteiger partial charge in [0, 0.05) is 16.2 Å². The van der Waals surface area contributed by atoms with E-state index in [1.165, 1.54) is 204 Å². The zero-order chi connectivity index (χ0) is 56.5. The topological polar surface area (TPSA) is 0 Å². The highest BCUT2D eigenvalue weighted by atomic mass is 14.4. The molecule has 0 nitrogen and oxygen atoms in total. The van der Waals surface area contributed by atoms with Gasteiger partial charge in [0.25, 0.3) is 0 Å². The predicted molar refractivity (Wildman–Crippen MR) is 357 cm³/mol. The van der Waals surface area contributed by atoms with E-state index in [2.05, 4.69) is 262 Å². The summed E-state index contributed by atoms with van der Waals surface area (Å²) in [5, 5.41) is 10.2. The molecule has 0 amide bonds. The lowest BCUT2D eigenvalue weighted by molar-refractivity contribution is 0.657. The maximum Gasteiger partial charge on any atom is 0.0159 e. The minimum atomic E-state index is -0.210. The summed E-state index contributed by atoms with van der Waals surface area (Å²) >= 11 is 0. The van der Waals surface area contributed by atoms with Gasteiger partial charge in [0.1, 0.15) is 0 Å². The Labute approximate surface area is 491 Å². The van der Waals surface area contributed by atoms with Gasteiger partial charge < -0.3 is 0 Å². The third-order valence-corrected chi connectivity index (χ3v) is 20.3. The fourth-order valence-electron chi connectivity index (χ4n) is 15.9. The van der Waals surface area contributed by atoms with Crippen LogP contribution in [0.2, 0.25) is 0 Å². The van der Waals surface area contributed by atoms with Gasteiger partial charge in [0.15, 0.2) is 0 Å². The van der Waals surface area contributed by atoms with Crippen LogP contribution in [0.1, 0.15) is 138 Å². The molecule has 0 aromatic heterocycles.